The number of hydrogen-bond donors (Lipinski definition) is 2. The van der Waals surface area contributed by atoms with Crippen LogP contribution in [0.3, 0.4) is 0 Å². The van der Waals surface area contributed by atoms with Gasteiger partial charge in [-0.1, -0.05) is 12.1 Å². The molecule has 0 fully saturated rings. The van der Waals surface area contributed by atoms with Crippen molar-refractivity contribution < 1.29 is 19.1 Å². The molecule has 7 heteroatoms. The summed E-state index contributed by atoms with van der Waals surface area (Å²) in [4.78, 5) is 24.0. The summed E-state index contributed by atoms with van der Waals surface area (Å²) in [5.41, 5.74) is 6.51. The highest BCUT2D eigenvalue weighted by atomic mass is 32.2. The van der Waals surface area contributed by atoms with Gasteiger partial charge in [-0.3, -0.25) is 9.59 Å². The Morgan fingerprint density at radius 2 is 1.92 bits per heavy atom. The van der Waals surface area contributed by atoms with Gasteiger partial charge >= 0.3 is 0 Å². The Bertz CT molecular complexity index is 821. The minimum Gasteiger partial charge on any atom is -0.497 e. The van der Waals surface area contributed by atoms with Crippen LogP contribution in [0.2, 0.25) is 0 Å². The first-order valence-electron chi connectivity index (χ1n) is 7.74. The molecule has 26 heavy (non-hydrogen) atoms. The average molecular weight is 372 g/mol. The van der Waals surface area contributed by atoms with Gasteiger partial charge in [-0.25, -0.2) is 0 Å². The van der Waals surface area contributed by atoms with Gasteiger partial charge in [0.15, 0.2) is 0 Å². The fourth-order valence-corrected chi connectivity index (χ4v) is 2.90. The van der Waals surface area contributed by atoms with Crippen molar-refractivity contribution in [2.24, 2.45) is 5.73 Å². The fraction of sp³-hybridized carbons (Fsp3) is 0.158. The largest absolute Gasteiger partial charge is 0.497 e. The lowest BCUT2D eigenvalue weighted by atomic mass is 10.1. The second-order valence-electron chi connectivity index (χ2n) is 5.18. The van der Waals surface area contributed by atoms with Crippen LogP contribution in [0.1, 0.15) is 5.56 Å². The van der Waals surface area contributed by atoms with E-state index < -0.39 is 5.91 Å². The van der Waals surface area contributed by atoms with E-state index in [1.165, 1.54) is 17.8 Å². The molecule has 6 nitrogen and oxygen atoms in total. The molecule has 0 saturated heterocycles. The second kappa shape index (κ2) is 9.53. The van der Waals surface area contributed by atoms with Crippen LogP contribution in [0.4, 0.5) is 5.69 Å². The molecule has 0 aromatic heterocycles. The van der Waals surface area contributed by atoms with Gasteiger partial charge in [0.25, 0.3) is 0 Å². The first-order chi connectivity index (χ1) is 12.5. The summed E-state index contributed by atoms with van der Waals surface area (Å²) >= 11 is 1.27. The lowest BCUT2D eigenvalue weighted by molar-refractivity contribution is -0.115. The summed E-state index contributed by atoms with van der Waals surface area (Å²) in [6.07, 6.45) is 3.06. The van der Waals surface area contributed by atoms with Crippen LogP contribution in [-0.4, -0.2) is 31.8 Å². The normalized spacial score (nSPS) is 10.5. The van der Waals surface area contributed by atoms with Crippen LogP contribution in [0.25, 0.3) is 6.08 Å². The maximum Gasteiger partial charge on any atom is 0.248 e. The van der Waals surface area contributed by atoms with Gasteiger partial charge in [-0.05, 0) is 36.4 Å². The summed E-state index contributed by atoms with van der Waals surface area (Å²) in [5.74, 6) is 0.721. The first-order valence-corrected chi connectivity index (χ1v) is 8.73. The van der Waals surface area contributed by atoms with E-state index in [2.05, 4.69) is 5.32 Å². The molecule has 0 aliphatic carbocycles. The lowest BCUT2D eigenvalue weighted by Crippen LogP contribution is -2.13. The van der Waals surface area contributed by atoms with Crippen LogP contribution < -0.4 is 20.5 Å². The molecule has 2 rings (SSSR count). The number of ether oxygens (including phenoxy) is 2. The Morgan fingerprint density at radius 3 is 2.62 bits per heavy atom. The number of nitrogens with one attached hydrogen (secondary N) is 1. The highest BCUT2D eigenvalue weighted by Crippen LogP contribution is 2.27. The molecule has 0 spiro atoms. The molecule has 2 amide bonds. The molecule has 136 valence electrons. The third-order valence-electron chi connectivity index (χ3n) is 3.37. The van der Waals surface area contributed by atoms with Gasteiger partial charge in [0.05, 0.1) is 25.7 Å². The van der Waals surface area contributed by atoms with E-state index in [1.54, 1.807) is 50.6 Å². The van der Waals surface area contributed by atoms with E-state index >= 15 is 0 Å². The van der Waals surface area contributed by atoms with Crippen LogP contribution in [0, 0.1) is 0 Å². The third kappa shape index (κ3) is 5.56. The van der Waals surface area contributed by atoms with E-state index in [-0.39, 0.29) is 11.7 Å². The molecule has 0 saturated carbocycles. The van der Waals surface area contributed by atoms with Crippen molar-refractivity contribution in [2.45, 2.75) is 4.90 Å². The number of hydrogen-bond acceptors (Lipinski definition) is 5. The van der Waals surface area contributed by atoms with Gasteiger partial charge in [0.2, 0.25) is 11.8 Å². The molecule has 3 N–H and O–H groups in total. The minimum absolute atomic E-state index is 0.143. The van der Waals surface area contributed by atoms with Crippen LogP contribution in [0.15, 0.2) is 53.4 Å². The number of nitrogens with two attached hydrogens (primary N) is 1. The zero-order valence-electron chi connectivity index (χ0n) is 14.5. The first kappa shape index (κ1) is 19.4. The van der Waals surface area contributed by atoms with Gasteiger partial charge in [-0.15, -0.1) is 11.8 Å². The van der Waals surface area contributed by atoms with E-state index in [0.29, 0.717) is 17.2 Å². The van der Waals surface area contributed by atoms with E-state index in [1.807, 2.05) is 12.1 Å². The summed E-state index contributed by atoms with van der Waals surface area (Å²) in [6.45, 7) is 0. The molecule has 0 unspecified atom stereocenters. The average Bonchev–Trinajstić information content (AvgIpc) is 2.65. The topological polar surface area (TPSA) is 90.7 Å². The number of para-hydroxylation sites is 1. The highest BCUT2D eigenvalue weighted by Gasteiger charge is 2.07. The van der Waals surface area contributed by atoms with Crippen LogP contribution in [0.5, 0.6) is 11.5 Å². The Balaban J connectivity index is 2.12. The number of amides is 2. The molecule has 2 aromatic rings. The zero-order chi connectivity index (χ0) is 18.9. The molecule has 2 aromatic carbocycles. The predicted octanol–water partition coefficient (Wildman–Crippen LogP) is 2.93. The molecular weight excluding hydrogens is 352 g/mol. The van der Waals surface area contributed by atoms with E-state index in [9.17, 15) is 9.59 Å². The number of rotatable bonds is 8. The van der Waals surface area contributed by atoms with Crippen molar-refractivity contribution in [3.05, 3.63) is 54.1 Å². The lowest BCUT2D eigenvalue weighted by Gasteiger charge is -2.09. The Kier molecular flexibility index (Phi) is 7.11. The molecule has 0 radical (unpaired) electrons. The number of benzene rings is 2. The molecular formula is C19H20N2O4S. The van der Waals surface area contributed by atoms with Crippen molar-refractivity contribution in [1.82, 2.24) is 0 Å². The number of anilines is 1. The summed E-state index contributed by atoms with van der Waals surface area (Å²) in [5, 5.41) is 2.80. The Morgan fingerprint density at radius 1 is 1.15 bits per heavy atom. The zero-order valence-corrected chi connectivity index (χ0v) is 15.3. The van der Waals surface area contributed by atoms with Crippen molar-refractivity contribution in [3.63, 3.8) is 0 Å². The Labute approximate surface area is 156 Å². The summed E-state index contributed by atoms with van der Waals surface area (Å²) < 4.78 is 10.5. The van der Waals surface area contributed by atoms with E-state index in [0.717, 1.165) is 10.5 Å². The van der Waals surface area contributed by atoms with Gasteiger partial charge in [0.1, 0.15) is 11.5 Å². The maximum absolute atomic E-state index is 12.3. The number of carbonyl (C=O) groups excluding carboxylic acids is 2. The number of primary amides is 1. The summed E-state index contributed by atoms with van der Waals surface area (Å²) in [7, 11) is 3.13. The molecule has 0 bridgehead atoms. The number of thioether (sulfide) groups is 1. The number of carbonyl (C=O) groups is 2. The van der Waals surface area contributed by atoms with Gasteiger partial charge in [0, 0.05) is 16.5 Å². The SMILES string of the molecule is COc1ccc(OC)c(/C=C/C(=O)Nc2ccccc2SCC(N)=O)c1. The quantitative estimate of drug-likeness (QED) is 0.549. The maximum atomic E-state index is 12.3. The van der Waals surface area contributed by atoms with Crippen molar-refractivity contribution in [2.75, 3.05) is 25.3 Å². The molecule has 0 heterocycles. The van der Waals surface area contributed by atoms with Crippen LogP contribution in [-0.2, 0) is 9.59 Å². The second-order valence-corrected chi connectivity index (χ2v) is 6.20. The Hall–Kier alpha value is -2.93. The predicted molar refractivity (Wildman–Crippen MR) is 104 cm³/mol. The highest BCUT2D eigenvalue weighted by molar-refractivity contribution is 8.00. The van der Waals surface area contributed by atoms with E-state index in [4.69, 9.17) is 15.2 Å². The third-order valence-corrected chi connectivity index (χ3v) is 4.46. The van der Waals surface area contributed by atoms with Crippen molar-refractivity contribution in [1.29, 1.82) is 0 Å². The smallest absolute Gasteiger partial charge is 0.248 e. The van der Waals surface area contributed by atoms with Crippen molar-refractivity contribution >= 4 is 35.3 Å². The molecule has 0 aliphatic heterocycles. The summed E-state index contributed by atoms with van der Waals surface area (Å²) in [6, 6.07) is 12.5. The fourth-order valence-electron chi connectivity index (χ4n) is 2.15. The monoisotopic (exact) mass is 372 g/mol. The van der Waals surface area contributed by atoms with Crippen molar-refractivity contribution in [3.8, 4) is 11.5 Å². The standard InChI is InChI=1S/C19H20N2O4S/c1-24-14-8-9-16(25-2)13(11-14)7-10-19(23)21-15-5-3-4-6-17(15)26-12-18(20)22/h3-11H,12H2,1-2H3,(H2,20,22)(H,21,23)/b10-7+. The molecule has 0 atom stereocenters. The van der Waals surface area contributed by atoms with Gasteiger partial charge < -0.3 is 20.5 Å². The van der Waals surface area contributed by atoms with Crippen LogP contribution >= 0.6 is 11.8 Å². The minimum atomic E-state index is -0.416. The molecule has 0 aliphatic rings. The number of methoxy groups -OCH3 is 2. The van der Waals surface area contributed by atoms with Gasteiger partial charge in [-0.2, -0.15) is 0 Å².